The molecule has 9 nitrogen and oxygen atoms in total. The molecule has 0 saturated carbocycles. The number of carbonyl (C=O) groups excluding carboxylic acids is 3. The Morgan fingerprint density at radius 2 is 1.74 bits per heavy atom. The topological polar surface area (TPSA) is 113 Å². The standard InChI is InChI=1S/C21H27N5O4S/c1-21(2,3)15-6-4-14(5-7-15)18(28)22-12-17(27)24-25-19(29)16-13-31-20(23-16)26-8-10-30-11-9-26/h4-7,13H,8-12H2,1-3H3,(H,22,28)(H,24,27)(H,25,29). The molecule has 1 aliphatic heterocycles. The lowest BCUT2D eigenvalue weighted by Crippen LogP contribution is -2.46. The van der Waals surface area contributed by atoms with E-state index in [1.54, 1.807) is 17.5 Å². The van der Waals surface area contributed by atoms with Crippen molar-refractivity contribution in [2.24, 2.45) is 0 Å². The number of aromatic nitrogens is 1. The van der Waals surface area contributed by atoms with Gasteiger partial charge in [-0.15, -0.1) is 11.3 Å². The highest BCUT2D eigenvalue weighted by Crippen LogP contribution is 2.22. The number of hydrogen-bond acceptors (Lipinski definition) is 7. The highest BCUT2D eigenvalue weighted by Gasteiger charge is 2.18. The predicted molar refractivity (Wildman–Crippen MR) is 118 cm³/mol. The first-order valence-corrected chi connectivity index (χ1v) is 10.9. The Morgan fingerprint density at radius 3 is 2.39 bits per heavy atom. The Labute approximate surface area is 185 Å². The van der Waals surface area contributed by atoms with Crippen molar-refractivity contribution < 1.29 is 19.1 Å². The number of morpholine rings is 1. The molecule has 0 unspecified atom stereocenters. The van der Waals surface area contributed by atoms with E-state index in [2.05, 4.69) is 41.9 Å². The number of carbonyl (C=O) groups is 3. The Balaban J connectivity index is 1.43. The van der Waals surface area contributed by atoms with Gasteiger partial charge in [-0.3, -0.25) is 25.2 Å². The summed E-state index contributed by atoms with van der Waals surface area (Å²) >= 11 is 1.36. The zero-order valence-corrected chi connectivity index (χ0v) is 18.7. The first-order chi connectivity index (χ1) is 14.7. The van der Waals surface area contributed by atoms with Crippen LogP contribution in [-0.4, -0.2) is 55.6 Å². The summed E-state index contributed by atoms with van der Waals surface area (Å²) in [5.41, 5.74) is 6.38. The first kappa shape index (κ1) is 22.7. The van der Waals surface area contributed by atoms with Crippen LogP contribution in [0.25, 0.3) is 0 Å². The smallest absolute Gasteiger partial charge is 0.289 e. The number of benzene rings is 1. The maximum Gasteiger partial charge on any atom is 0.289 e. The van der Waals surface area contributed by atoms with Crippen molar-refractivity contribution in [2.45, 2.75) is 26.2 Å². The van der Waals surface area contributed by atoms with Crippen LogP contribution in [0.5, 0.6) is 0 Å². The van der Waals surface area contributed by atoms with E-state index in [1.807, 2.05) is 17.0 Å². The number of amides is 3. The molecule has 3 N–H and O–H groups in total. The third-order valence-electron chi connectivity index (χ3n) is 4.74. The Kier molecular flexibility index (Phi) is 7.24. The number of hydrogen-bond donors (Lipinski definition) is 3. The van der Waals surface area contributed by atoms with Gasteiger partial charge in [0.05, 0.1) is 19.8 Å². The van der Waals surface area contributed by atoms with Crippen LogP contribution < -0.4 is 21.1 Å². The van der Waals surface area contributed by atoms with Crippen molar-refractivity contribution in [3.8, 4) is 0 Å². The van der Waals surface area contributed by atoms with Gasteiger partial charge in [0, 0.05) is 24.0 Å². The molecule has 2 heterocycles. The number of nitrogens with zero attached hydrogens (tertiary/aromatic N) is 2. The number of rotatable bonds is 5. The lowest BCUT2D eigenvalue weighted by molar-refractivity contribution is -0.120. The summed E-state index contributed by atoms with van der Waals surface area (Å²) in [5.74, 6) is -1.43. The molecule has 1 aromatic heterocycles. The monoisotopic (exact) mass is 445 g/mol. The average molecular weight is 446 g/mol. The van der Waals surface area contributed by atoms with Crippen molar-refractivity contribution in [1.29, 1.82) is 0 Å². The molecule has 3 rings (SSSR count). The van der Waals surface area contributed by atoms with E-state index in [0.29, 0.717) is 18.8 Å². The van der Waals surface area contributed by atoms with E-state index in [9.17, 15) is 14.4 Å². The number of thiazole rings is 1. The molecule has 10 heteroatoms. The SMILES string of the molecule is CC(C)(C)c1ccc(C(=O)NCC(=O)NNC(=O)c2csc(N3CCOCC3)n2)cc1. The lowest BCUT2D eigenvalue weighted by atomic mass is 9.87. The number of nitrogens with one attached hydrogen (secondary N) is 3. The summed E-state index contributed by atoms with van der Waals surface area (Å²) in [5, 5.41) is 4.91. The molecule has 0 radical (unpaired) electrons. The molecule has 0 atom stereocenters. The van der Waals surface area contributed by atoms with Gasteiger partial charge in [-0.25, -0.2) is 4.98 Å². The number of anilines is 1. The molecule has 2 aromatic rings. The molecule has 166 valence electrons. The Bertz CT molecular complexity index is 930. The number of ether oxygens (including phenoxy) is 1. The molecule has 31 heavy (non-hydrogen) atoms. The summed E-state index contributed by atoms with van der Waals surface area (Å²) in [6, 6.07) is 7.25. The molecule has 0 spiro atoms. The van der Waals surface area contributed by atoms with Gasteiger partial charge in [0.1, 0.15) is 5.69 Å². The third-order valence-corrected chi connectivity index (χ3v) is 5.65. The zero-order valence-electron chi connectivity index (χ0n) is 17.9. The van der Waals surface area contributed by atoms with E-state index in [1.165, 1.54) is 11.3 Å². The predicted octanol–water partition coefficient (Wildman–Crippen LogP) is 1.47. The molecule has 0 aliphatic carbocycles. The molecule has 3 amide bonds. The molecule has 1 saturated heterocycles. The molecule has 0 bridgehead atoms. The van der Waals surface area contributed by atoms with Crippen LogP contribution in [0.15, 0.2) is 29.6 Å². The average Bonchev–Trinajstić information content (AvgIpc) is 3.26. The molecule has 1 fully saturated rings. The van der Waals surface area contributed by atoms with Crippen LogP contribution in [0.3, 0.4) is 0 Å². The summed E-state index contributed by atoms with van der Waals surface area (Å²) in [4.78, 5) is 42.8. The van der Waals surface area contributed by atoms with Gasteiger partial charge in [-0.1, -0.05) is 32.9 Å². The Hall–Kier alpha value is -2.98. The third kappa shape index (κ3) is 6.25. The molecular weight excluding hydrogens is 418 g/mol. The van der Waals surface area contributed by atoms with Gasteiger partial charge in [0.2, 0.25) is 0 Å². The van der Waals surface area contributed by atoms with E-state index in [4.69, 9.17) is 4.74 Å². The van der Waals surface area contributed by atoms with E-state index >= 15 is 0 Å². The summed E-state index contributed by atoms with van der Waals surface area (Å²) in [7, 11) is 0. The molecular formula is C21H27N5O4S. The van der Waals surface area contributed by atoms with Gasteiger partial charge >= 0.3 is 0 Å². The van der Waals surface area contributed by atoms with Crippen LogP contribution in [-0.2, 0) is 14.9 Å². The maximum absolute atomic E-state index is 12.2. The van der Waals surface area contributed by atoms with Gasteiger partial charge in [-0.2, -0.15) is 0 Å². The van der Waals surface area contributed by atoms with Gasteiger partial charge in [-0.05, 0) is 23.1 Å². The van der Waals surface area contributed by atoms with Crippen LogP contribution in [0.1, 0.15) is 47.2 Å². The van der Waals surface area contributed by atoms with E-state index < -0.39 is 11.8 Å². The van der Waals surface area contributed by atoms with Crippen molar-refractivity contribution in [1.82, 2.24) is 21.2 Å². The lowest BCUT2D eigenvalue weighted by Gasteiger charge is -2.25. The van der Waals surface area contributed by atoms with Crippen LogP contribution in [0, 0.1) is 0 Å². The highest BCUT2D eigenvalue weighted by molar-refractivity contribution is 7.13. The van der Waals surface area contributed by atoms with Crippen LogP contribution in [0.2, 0.25) is 0 Å². The van der Waals surface area contributed by atoms with Crippen LogP contribution >= 0.6 is 11.3 Å². The molecule has 1 aliphatic rings. The Morgan fingerprint density at radius 1 is 1.06 bits per heavy atom. The second-order valence-corrected chi connectivity index (χ2v) is 8.96. The summed E-state index contributed by atoms with van der Waals surface area (Å²) < 4.78 is 5.31. The normalized spacial score (nSPS) is 14.1. The quantitative estimate of drug-likeness (QED) is 0.601. The van der Waals surface area contributed by atoms with Crippen LogP contribution in [0.4, 0.5) is 5.13 Å². The summed E-state index contributed by atoms with van der Waals surface area (Å²) in [6.07, 6.45) is 0. The fourth-order valence-electron chi connectivity index (χ4n) is 2.89. The van der Waals surface area contributed by atoms with E-state index in [0.717, 1.165) is 23.8 Å². The van der Waals surface area contributed by atoms with Gasteiger partial charge in [0.15, 0.2) is 5.13 Å². The second kappa shape index (κ2) is 9.88. The summed E-state index contributed by atoms with van der Waals surface area (Å²) in [6.45, 7) is 8.72. The first-order valence-electron chi connectivity index (χ1n) is 10.00. The largest absolute Gasteiger partial charge is 0.378 e. The van der Waals surface area contributed by atoms with E-state index in [-0.39, 0.29) is 23.6 Å². The minimum absolute atomic E-state index is 0.00658. The van der Waals surface area contributed by atoms with Gasteiger partial charge < -0.3 is 15.0 Å². The van der Waals surface area contributed by atoms with Crippen molar-refractivity contribution >= 4 is 34.2 Å². The number of hydrazine groups is 1. The fraction of sp³-hybridized carbons (Fsp3) is 0.429. The minimum atomic E-state index is -0.545. The second-order valence-electron chi connectivity index (χ2n) is 8.13. The maximum atomic E-state index is 12.2. The van der Waals surface area contributed by atoms with Crippen molar-refractivity contribution in [3.63, 3.8) is 0 Å². The van der Waals surface area contributed by atoms with Crippen molar-refractivity contribution in [2.75, 3.05) is 37.7 Å². The van der Waals surface area contributed by atoms with Gasteiger partial charge in [0.25, 0.3) is 17.7 Å². The van der Waals surface area contributed by atoms with Crippen molar-refractivity contribution in [3.05, 3.63) is 46.5 Å². The fourth-order valence-corrected chi connectivity index (χ4v) is 3.75. The highest BCUT2D eigenvalue weighted by atomic mass is 32.1. The molecule has 1 aromatic carbocycles. The minimum Gasteiger partial charge on any atom is -0.378 e. The zero-order chi connectivity index (χ0) is 22.4.